The van der Waals surface area contributed by atoms with Gasteiger partial charge in [-0.05, 0) is 36.6 Å². The van der Waals surface area contributed by atoms with Crippen LogP contribution >= 0.6 is 0 Å². The van der Waals surface area contributed by atoms with Crippen LogP contribution < -0.4 is 0 Å². The van der Waals surface area contributed by atoms with E-state index >= 15 is 0 Å². The van der Waals surface area contributed by atoms with Gasteiger partial charge in [-0.1, -0.05) is 66.2 Å². The number of hydrogen-bond donors (Lipinski definition) is 0. The first-order valence-corrected chi connectivity index (χ1v) is 11.7. The number of hydrogen-bond acceptors (Lipinski definition) is 4. The molecule has 2 saturated heterocycles. The third kappa shape index (κ3) is 3.91. The minimum Gasteiger partial charge on any atom is -0.440 e. The molecular formula is C28H31N3O2. The summed E-state index contributed by atoms with van der Waals surface area (Å²) in [6.07, 6.45) is 4.96. The number of nitrogens with zero attached hydrogens (tertiary/aromatic N) is 3. The maximum Gasteiger partial charge on any atom is 0.411 e. The number of aryl methyl sites for hydroxylation is 1. The van der Waals surface area contributed by atoms with E-state index in [4.69, 9.17) is 4.74 Å². The number of pyridine rings is 1. The Hall–Kier alpha value is -3.18. The molecule has 1 amide bonds. The minimum atomic E-state index is -0.559. The molecule has 2 aromatic carbocycles. The van der Waals surface area contributed by atoms with Gasteiger partial charge >= 0.3 is 6.09 Å². The van der Waals surface area contributed by atoms with Crippen LogP contribution in [-0.4, -0.2) is 39.6 Å². The summed E-state index contributed by atoms with van der Waals surface area (Å²) in [4.78, 5) is 22.0. The highest BCUT2D eigenvalue weighted by molar-refractivity contribution is 5.73. The van der Waals surface area contributed by atoms with Crippen LogP contribution in [0.5, 0.6) is 0 Å². The second-order valence-corrected chi connectivity index (χ2v) is 9.51. The van der Waals surface area contributed by atoms with Crippen LogP contribution in [0.15, 0.2) is 79.1 Å². The molecule has 5 nitrogen and oxygen atoms in total. The Morgan fingerprint density at radius 3 is 2.39 bits per heavy atom. The van der Waals surface area contributed by atoms with E-state index in [0.29, 0.717) is 6.54 Å². The van der Waals surface area contributed by atoms with Gasteiger partial charge in [-0.3, -0.25) is 14.8 Å². The Kier molecular flexibility index (Phi) is 5.67. The molecule has 170 valence electrons. The first-order valence-electron chi connectivity index (χ1n) is 11.7. The molecule has 1 spiro atoms. The molecule has 5 rings (SSSR count). The first-order chi connectivity index (χ1) is 16.0. The van der Waals surface area contributed by atoms with E-state index in [0.717, 1.165) is 43.6 Å². The Morgan fingerprint density at radius 2 is 1.70 bits per heavy atom. The SMILES string of the molecule is Cc1cccc(CN2CCC3(CC2)OC(=O)N(Cc2cccnc2)C3(C)c2ccccc2)c1. The summed E-state index contributed by atoms with van der Waals surface area (Å²) in [5.41, 5.74) is 3.62. The summed E-state index contributed by atoms with van der Waals surface area (Å²) in [7, 11) is 0. The highest BCUT2D eigenvalue weighted by atomic mass is 16.6. The van der Waals surface area contributed by atoms with Crippen LogP contribution in [-0.2, 0) is 23.4 Å². The van der Waals surface area contributed by atoms with Gasteiger partial charge in [-0.25, -0.2) is 4.79 Å². The molecule has 2 fully saturated rings. The number of ether oxygens (including phenoxy) is 1. The average molecular weight is 442 g/mol. The van der Waals surface area contributed by atoms with Crippen molar-refractivity contribution in [2.24, 2.45) is 0 Å². The number of carbonyl (C=O) groups excluding carboxylic acids is 1. The number of amides is 1. The standard InChI is InChI=1S/C28H31N3O2/c1-22-8-6-9-23(18-22)20-30-16-13-28(14-17-30)27(2,25-11-4-3-5-12-25)31(26(32)33-28)21-24-10-7-15-29-19-24/h3-12,15,18-19H,13-14,16-17,20-21H2,1-2H3. The third-order valence-electron chi connectivity index (χ3n) is 7.48. The van der Waals surface area contributed by atoms with Crippen molar-refractivity contribution in [3.8, 4) is 0 Å². The summed E-state index contributed by atoms with van der Waals surface area (Å²) in [5, 5.41) is 0. The Bertz CT molecular complexity index is 1110. The fourth-order valence-corrected chi connectivity index (χ4v) is 5.56. The van der Waals surface area contributed by atoms with Gasteiger partial charge in [0.1, 0.15) is 11.1 Å². The van der Waals surface area contributed by atoms with Crippen molar-refractivity contribution >= 4 is 6.09 Å². The van der Waals surface area contributed by atoms with Crippen LogP contribution in [0.2, 0.25) is 0 Å². The van der Waals surface area contributed by atoms with Gasteiger partial charge in [-0.15, -0.1) is 0 Å². The highest BCUT2D eigenvalue weighted by Crippen LogP contribution is 2.52. The van der Waals surface area contributed by atoms with E-state index in [1.165, 1.54) is 11.1 Å². The van der Waals surface area contributed by atoms with Gasteiger partial charge in [0.15, 0.2) is 0 Å². The second-order valence-electron chi connectivity index (χ2n) is 9.51. The molecule has 0 bridgehead atoms. The van der Waals surface area contributed by atoms with Gasteiger partial charge in [0.25, 0.3) is 0 Å². The van der Waals surface area contributed by atoms with Gasteiger partial charge in [-0.2, -0.15) is 0 Å². The first kappa shape index (κ1) is 21.7. The summed E-state index contributed by atoms with van der Waals surface area (Å²) in [6, 6.07) is 23.0. The smallest absolute Gasteiger partial charge is 0.411 e. The number of piperidine rings is 1. The number of aromatic nitrogens is 1. The molecule has 0 aliphatic carbocycles. The molecule has 1 atom stereocenters. The lowest BCUT2D eigenvalue weighted by molar-refractivity contribution is -0.0614. The normalized spacial score (nSPS) is 22.5. The molecule has 1 aromatic heterocycles. The maximum atomic E-state index is 13.3. The lowest BCUT2D eigenvalue weighted by Gasteiger charge is -2.48. The van der Waals surface area contributed by atoms with Crippen molar-refractivity contribution in [2.75, 3.05) is 13.1 Å². The molecule has 0 radical (unpaired) electrons. The molecule has 2 aliphatic rings. The Balaban J connectivity index is 1.43. The third-order valence-corrected chi connectivity index (χ3v) is 7.48. The molecule has 2 aliphatic heterocycles. The summed E-state index contributed by atoms with van der Waals surface area (Å²) < 4.78 is 6.30. The quantitative estimate of drug-likeness (QED) is 0.540. The average Bonchev–Trinajstić information content (AvgIpc) is 3.04. The maximum absolute atomic E-state index is 13.3. The predicted octanol–water partition coefficient (Wildman–Crippen LogP) is 5.29. The molecule has 5 heteroatoms. The van der Waals surface area contributed by atoms with Gasteiger partial charge in [0.05, 0.1) is 6.54 Å². The van der Waals surface area contributed by atoms with Gasteiger partial charge < -0.3 is 4.74 Å². The van der Waals surface area contributed by atoms with Crippen molar-refractivity contribution in [3.63, 3.8) is 0 Å². The molecule has 0 saturated carbocycles. The summed E-state index contributed by atoms with van der Waals surface area (Å²) in [5.74, 6) is 0. The van der Waals surface area contributed by atoms with Gasteiger partial charge in [0.2, 0.25) is 0 Å². The van der Waals surface area contributed by atoms with E-state index < -0.39 is 11.1 Å². The number of benzene rings is 2. The van der Waals surface area contributed by atoms with Crippen LogP contribution in [0.4, 0.5) is 4.79 Å². The molecule has 33 heavy (non-hydrogen) atoms. The van der Waals surface area contributed by atoms with E-state index in [1.54, 1.807) is 6.20 Å². The second kappa shape index (κ2) is 8.64. The molecule has 0 N–H and O–H groups in total. The molecule has 1 unspecified atom stereocenters. The van der Waals surface area contributed by atoms with Crippen molar-refractivity contribution in [3.05, 3.63) is 101 Å². The largest absolute Gasteiger partial charge is 0.440 e. The molecule has 3 heterocycles. The Morgan fingerprint density at radius 1 is 0.939 bits per heavy atom. The van der Waals surface area contributed by atoms with Crippen molar-refractivity contribution < 1.29 is 9.53 Å². The predicted molar refractivity (Wildman–Crippen MR) is 128 cm³/mol. The van der Waals surface area contributed by atoms with Crippen LogP contribution in [0.25, 0.3) is 0 Å². The van der Waals surface area contributed by atoms with Crippen LogP contribution in [0, 0.1) is 6.92 Å². The monoisotopic (exact) mass is 441 g/mol. The van der Waals surface area contributed by atoms with Crippen molar-refractivity contribution in [1.29, 1.82) is 0 Å². The van der Waals surface area contributed by atoms with Crippen molar-refractivity contribution in [1.82, 2.24) is 14.8 Å². The molecular weight excluding hydrogens is 410 g/mol. The zero-order valence-corrected chi connectivity index (χ0v) is 19.4. The topological polar surface area (TPSA) is 45.7 Å². The van der Waals surface area contributed by atoms with Gasteiger partial charge in [0, 0.05) is 44.9 Å². The van der Waals surface area contributed by atoms with Crippen LogP contribution in [0.1, 0.15) is 42.0 Å². The lowest BCUT2D eigenvalue weighted by Crippen LogP contribution is -2.58. The fraction of sp³-hybridized carbons (Fsp3) is 0.357. The fourth-order valence-electron chi connectivity index (χ4n) is 5.56. The lowest BCUT2D eigenvalue weighted by atomic mass is 9.70. The van der Waals surface area contributed by atoms with E-state index in [2.05, 4.69) is 60.1 Å². The molecule has 3 aromatic rings. The highest BCUT2D eigenvalue weighted by Gasteiger charge is 2.63. The number of carbonyl (C=O) groups is 1. The van der Waals surface area contributed by atoms with E-state index in [1.807, 2.05) is 41.4 Å². The number of rotatable bonds is 5. The summed E-state index contributed by atoms with van der Waals surface area (Å²) >= 11 is 0. The minimum absolute atomic E-state index is 0.239. The Labute approximate surface area is 196 Å². The summed E-state index contributed by atoms with van der Waals surface area (Å²) in [6.45, 7) is 7.50. The van der Waals surface area contributed by atoms with Crippen LogP contribution in [0.3, 0.4) is 0 Å². The van der Waals surface area contributed by atoms with Crippen molar-refractivity contribution in [2.45, 2.75) is 50.9 Å². The zero-order chi connectivity index (χ0) is 22.9. The number of likely N-dealkylation sites (tertiary alicyclic amines) is 1. The van der Waals surface area contributed by atoms with E-state index in [9.17, 15) is 4.79 Å². The zero-order valence-electron chi connectivity index (χ0n) is 19.4. The van der Waals surface area contributed by atoms with E-state index in [-0.39, 0.29) is 6.09 Å².